The maximum Gasteiger partial charge on any atom is 0.250 e. The summed E-state index contributed by atoms with van der Waals surface area (Å²) < 4.78 is 32.6. The van der Waals surface area contributed by atoms with E-state index < -0.39 is 5.92 Å². The monoisotopic (exact) mass is 352 g/mol. The minimum absolute atomic E-state index is 0.0359. The fourth-order valence-corrected chi connectivity index (χ4v) is 3.71. The van der Waals surface area contributed by atoms with Gasteiger partial charge in [0.15, 0.2) is 0 Å². The van der Waals surface area contributed by atoms with Crippen molar-refractivity contribution in [2.24, 2.45) is 0 Å². The minimum Gasteiger partial charge on any atom is -0.493 e. The molecule has 0 amide bonds. The maximum absolute atomic E-state index is 13.3. The number of likely N-dealkylation sites (tertiary alicyclic amines) is 2. The Morgan fingerprint density at radius 1 is 0.920 bits per heavy atom. The maximum atomic E-state index is 13.3. The Morgan fingerprint density at radius 3 is 2.40 bits per heavy atom. The highest BCUT2D eigenvalue weighted by molar-refractivity contribution is 5.33. The number of piperidine rings is 2. The first-order valence-electron chi connectivity index (χ1n) is 9.66. The molecular formula is C20H30F2N2O. The molecule has 0 radical (unpaired) electrons. The highest BCUT2D eigenvalue weighted by atomic mass is 19.3. The number of alkyl halides is 2. The first kappa shape index (κ1) is 18.6. The number of para-hydroxylation sites is 1. The first-order valence-corrected chi connectivity index (χ1v) is 9.66. The van der Waals surface area contributed by atoms with Crippen LogP contribution in [-0.4, -0.2) is 55.1 Å². The molecule has 1 aromatic carbocycles. The molecule has 140 valence electrons. The van der Waals surface area contributed by atoms with Crippen molar-refractivity contribution in [1.29, 1.82) is 0 Å². The van der Waals surface area contributed by atoms with Gasteiger partial charge < -0.3 is 9.64 Å². The third-order valence-electron chi connectivity index (χ3n) is 5.28. The topological polar surface area (TPSA) is 15.7 Å². The molecule has 0 spiro atoms. The highest BCUT2D eigenvalue weighted by Gasteiger charge is 2.33. The number of hydrogen-bond acceptors (Lipinski definition) is 3. The van der Waals surface area contributed by atoms with Crippen LogP contribution in [0.25, 0.3) is 0 Å². The Balaban J connectivity index is 1.44. The second kappa shape index (κ2) is 8.95. The van der Waals surface area contributed by atoms with Gasteiger partial charge in [0.1, 0.15) is 5.75 Å². The van der Waals surface area contributed by atoms with Crippen LogP contribution in [0.2, 0.25) is 0 Å². The normalized spacial score (nSPS) is 22.0. The average molecular weight is 352 g/mol. The molecule has 0 atom stereocenters. The van der Waals surface area contributed by atoms with Crippen molar-refractivity contribution in [2.75, 3.05) is 39.3 Å². The predicted molar refractivity (Wildman–Crippen MR) is 96.3 cm³/mol. The van der Waals surface area contributed by atoms with Gasteiger partial charge in [-0.15, -0.1) is 0 Å². The SMILES string of the molecule is FC1(F)CCN(Cc2ccccc2OCCCN2CCCCC2)CC1. The van der Waals surface area contributed by atoms with Crippen LogP contribution in [0.15, 0.2) is 24.3 Å². The fraction of sp³-hybridized carbons (Fsp3) is 0.700. The van der Waals surface area contributed by atoms with Crippen molar-refractivity contribution in [3.05, 3.63) is 29.8 Å². The molecule has 2 heterocycles. The molecule has 0 aliphatic carbocycles. The molecule has 2 aliphatic heterocycles. The number of rotatable bonds is 7. The summed E-state index contributed by atoms with van der Waals surface area (Å²) in [6.07, 6.45) is 4.96. The molecule has 1 aromatic rings. The lowest BCUT2D eigenvalue weighted by Crippen LogP contribution is -2.38. The van der Waals surface area contributed by atoms with Crippen LogP contribution in [0.4, 0.5) is 8.78 Å². The molecule has 2 aliphatic rings. The standard InChI is InChI=1S/C20H30F2N2O/c21-20(22)9-14-24(15-10-20)17-18-7-2-3-8-19(18)25-16-6-13-23-11-4-1-5-12-23/h2-3,7-8H,1,4-6,9-17H2. The van der Waals surface area contributed by atoms with Crippen LogP contribution >= 0.6 is 0 Å². The average Bonchev–Trinajstić information content (AvgIpc) is 2.63. The zero-order valence-corrected chi connectivity index (χ0v) is 15.1. The summed E-state index contributed by atoms with van der Waals surface area (Å²) in [7, 11) is 0. The van der Waals surface area contributed by atoms with Crippen molar-refractivity contribution >= 4 is 0 Å². The molecule has 25 heavy (non-hydrogen) atoms. The van der Waals surface area contributed by atoms with Gasteiger partial charge in [-0.2, -0.15) is 0 Å². The molecule has 0 saturated carbocycles. The van der Waals surface area contributed by atoms with Gasteiger partial charge in [-0.25, -0.2) is 8.78 Å². The lowest BCUT2D eigenvalue weighted by molar-refractivity contribution is -0.0567. The van der Waals surface area contributed by atoms with Gasteiger partial charge in [-0.3, -0.25) is 4.90 Å². The Kier molecular flexibility index (Phi) is 6.65. The summed E-state index contributed by atoms with van der Waals surface area (Å²) in [5.41, 5.74) is 1.10. The van der Waals surface area contributed by atoms with E-state index in [1.165, 1.54) is 32.4 Å². The van der Waals surface area contributed by atoms with E-state index in [1.54, 1.807) is 0 Å². The van der Waals surface area contributed by atoms with Crippen LogP contribution < -0.4 is 4.74 Å². The zero-order valence-electron chi connectivity index (χ0n) is 15.1. The van der Waals surface area contributed by atoms with E-state index in [0.29, 0.717) is 26.2 Å². The number of benzene rings is 1. The Bertz CT molecular complexity index is 522. The van der Waals surface area contributed by atoms with Gasteiger partial charge in [0, 0.05) is 44.6 Å². The van der Waals surface area contributed by atoms with E-state index in [2.05, 4.69) is 9.80 Å². The molecule has 0 N–H and O–H groups in total. The Labute approximate surface area is 149 Å². The second-order valence-corrected chi connectivity index (χ2v) is 7.34. The van der Waals surface area contributed by atoms with Crippen molar-refractivity contribution in [3.8, 4) is 5.75 Å². The minimum atomic E-state index is -2.49. The van der Waals surface area contributed by atoms with Gasteiger partial charge in [-0.05, 0) is 38.4 Å². The van der Waals surface area contributed by atoms with Crippen molar-refractivity contribution in [2.45, 2.75) is 51.0 Å². The van der Waals surface area contributed by atoms with E-state index in [-0.39, 0.29) is 12.8 Å². The van der Waals surface area contributed by atoms with Gasteiger partial charge in [-0.1, -0.05) is 24.6 Å². The Hall–Kier alpha value is -1.20. The Morgan fingerprint density at radius 2 is 1.64 bits per heavy atom. The van der Waals surface area contributed by atoms with Crippen LogP contribution in [0.5, 0.6) is 5.75 Å². The first-order chi connectivity index (χ1) is 12.1. The van der Waals surface area contributed by atoms with E-state index in [1.807, 2.05) is 24.3 Å². The second-order valence-electron chi connectivity index (χ2n) is 7.34. The van der Waals surface area contributed by atoms with Crippen LogP contribution in [-0.2, 0) is 6.54 Å². The fourth-order valence-electron chi connectivity index (χ4n) is 3.71. The van der Waals surface area contributed by atoms with Gasteiger partial charge in [0.05, 0.1) is 6.61 Å². The molecule has 0 unspecified atom stereocenters. The van der Waals surface area contributed by atoms with Gasteiger partial charge >= 0.3 is 0 Å². The summed E-state index contributed by atoms with van der Waals surface area (Å²) in [5.74, 6) is -1.58. The van der Waals surface area contributed by atoms with E-state index in [4.69, 9.17) is 4.74 Å². The van der Waals surface area contributed by atoms with E-state index in [0.717, 1.165) is 24.3 Å². The molecule has 2 saturated heterocycles. The molecular weight excluding hydrogens is 322 g/mol. The smallest absolute Gasteiger partial charge is 0.250 e. The predicted octanol–water partition coefficient (Wildman–Crippen LogP) is 4.17. The number of halogens is 2. The lowest BCUT2D eigenvalue weighted by Gasteiger charge is -2.32. The number of hydrogen-bond donors (Lipinski definition) is 0. The lowest BCUT2D eigenvalue weighted by atomic mass is 10.1. The van der Waals surface area contributed by atoms with Gasteiger partial charge in [0.2, 0.25) is 0 Å². The van der Waals surface area contributed by atoms with Crippen LogP contribution in [0.3, 0.4) is 0 Å². The third kappa shape index (κ3) is 5.93. The highest BCUT2D eigenvalue weighted by Crippen LogP contribution is 2.29. The summed E-state index contributed by atoms with van der Waals surface area (Å²) >= 11 is 0. The number of ether oxygens (including phenoxy) is 1. The van der Waals surface area contributed by atoms with Crippen molar-refractivity contribution < 1.29 is 13.5 Å². The largest absolute Gasteiger partial charge is 0.493 e. The summed E-state index contributed by atoms with van der Waals surface area (Å²) in [6.45, 7) is 5.85. The molecule has 3 rings (SSSR count). The van der Waals surface area contributed by atoms with Gasteiger partial charge in [0.25, 0.3) is 5.92 Å². The summed E-state index contributed by atoms with van der Waals surface area (Å²) in [5, 5.41) is 0. The quantitative estimate of drug-likeness (QED) is 0.685. The molecule has 5 heteroatoms. The van der Waals surface area contributed by atoms with Crippen LogP contribution in [0.1, 0.15) is 44.1 Å². The third-order valence-corrected chi connectivity index (χ3v) is 5.28. The van der Waals surface area contributed by atoms with Crippen molar-refractivity contribution in [3.63, 3.8) is 0 Å². The van der Waals surface area contributed by atoms with E-state index in [9.17, 15) is 8.78 Å². The molecule has 0 bridgehead atoms. The molecule has 2 fully saturated rings. The number of nitrogens with zero attached hydrogens (tertiary/aromatic N) is 2. The van der Waals surface area contributed by atoms with E-state index >= 15 is 0 Å². The molecule has 0 aromatic heterocycles. The van der Waals surface area contributed by atoms with Crippen molar-refractivity contribution in [1.82, 2.24) is 9.80 Å². The summed E-state index contributed by atoms with van der Waals surface area (Å²) in [6, 6.07) is 8.02. The molecule has 3 nitrogen and oxygen atoms in total. The zero-order chi connectivity index (χ0) is 17.5. The summed E-state index contributed by atoms with van der Waals surface area (Å²) in [4.78, 5) is 4.63. The van der Waals surface area contributed by atoms with Crippen LogP contribution in [0, 0.1) is 0 Å².